The molecule has 0 fully saturated rings. The maximum atomic E-state index is 12.1. The molecule has 1 aromatic carbocycles. The van der Waals surface area contributed by atoms with Crippen LogP contribution in [-0.2, 0) is 16.4 Å². The van der Waals surface area contributed by atoms with Crippen LogP contribution in [0.5, 0.6) is 0 Å². The van der Waals surface area contributed by atoms with Crippen molar-refractivity contribution in [1.29, 1.82) is 0 Å². The highest BCUT2D eigenvalue weighted by molar-refractivity contribution is 7.89. The molecule has 0 saturated heterocycles. The first-order valence-corrected chi connectivity index (χ1v) is 7.92. The molecule has 0 spiro atoms. The number of aromatic nitrogens is 1. The number of sulfonamides is 1. The van der Waals surface area contributed by atoms with E-state index in [0.717, 1.165) is 5.56 Å². The van der Waals surface area contributed by atoms with E-state index < -0.39 is 10.0 Å². The van der Waals surface area contributed by atoms with Gasteiger partial charge in [0, 0.05) is 18.0 Å². The second-order valence-electron chi connectivity index (χ2n) is 4.42. The lowest BCUT2D eigenvalue weighted by atomic mass is 10.2. The molecule has 0 radical (unpaired) electrons. The van der Waals surface area contributed by atoms with E-state index in [1.165, 1.54) is 12.1 Å². The zero-order valence-corrected chi connectivity index (χ0v) is 12.8. The van der Waals surface area contributed by atoms with Gasteiger partial charge in [0.05, 0.1) is 11.1 Å². The number of rotatable bonds is 5. The van der Waals surface area contributed by atoms with Crippen LogP contribution >= 0.6 is 11.6 Å². The van der Waals surface area contributed by atoms with Crippen LogP contribution in [0.4, 0.5) is 0 Å². The highest BCUT2D eigenvalue weighted by Crippen LogP contribution is 2.19. The summed E-state index contributed by atoms with van der Waals surface area (Å²) in [5, 5.41) is 0.427. The van der Waals surface area contributed by atoms with Gasteiger partial charge in [-0.2, -0.15) is 0 Å². The van der Waals surface area contributed by atoms with Gasteiger partial charge in [-0.25, -0.2) is 18.1 Å². The number of nitrogens with one attached hydrogen (secondary N) is 1. The summed E-state index contributed by atoms with van der Waals surface area (Å²) in [7, 11) is -3.57. The smallest absolute Gasteiger partial charge is 0.240 e. The molecular formula is C13H15ClN2O3S. The monoisotopic (exact) mass is 314 g/mol. The minimum Gasteiger partial charge on any atom is -0.446 e. The maximum absolute atomic E-state index is 12.1. The molecule has 0 aliphatic rings. The van der Waals surface area contributed by atoms with E-state index in [4.69, 9.17) is 16.0 Å². The third kappa shape index (κ3) is 3.59. The van der Waals surface area contributed by atoms with Gasteiger partial charge in [0.2, 0.25) is 10.0 Å². The van der Waals surface area contributed by atoms with E-state index in [-0.39, 0.29) is 11.4 Å². The van der Waals surface area contributed by atoms with Crippen molar-refractivity contribution in [2.24, 2.45) is 0 Å². The molecular weight excluding hydrogens is 300 g/mol. The first-order chi connectivity index (χ1) is 9.38. The summed E-state index contributed by atoms with van der Waals surface area (Å²) in [6.07, 6.45) is 2.00. The van der Waals surface area contributed by atoms with Crippen molar-refractivity contribution in [2.45, 2.75) is 25.2 Å². The summed E-state index contributed by atoms with van der Waals surface area (Å²) in [6.45, 7) is 3.82. The van der Waals surface area contributed by atoms with Crippen molar-refractivity contribution >= 4 is 21.6 Å². The van der Waals surface area contributed by atoms with Gasteiger partial charge in [-0.05, 0) is 31.5 Å². The fourth-order valence-electron chi connectivity index (χ4n) is 1.63. The lowest BCUT2D eigenvalue weighted by molar-refractivity contribution is 0.469. The first-order valence-electron chi connectivity index (χ1n) is 6.05. The quantitative estimate of drug-likeness (QED) is 0.920. The number of hydrogen-bond acceptors (Lipinski definition) is 4. The van der Waals surface area contributed by atoms with Crippen molar-refractivity contribution in [2.75, 3.05) is 6.54 Å². The van der Waals surface area contributed by atoms with Crippen LogP contribution in [0.25, 0.3) is 0 Å². The summed E-state index contributed by atoms with van der Waals surface area (Å²) in [6, 6.07) is 4.64. The van der Waals surface area contributed by atoms with E-state index in [1.54, 1.807) is 19.2 Å². The zero-order chi connectivity index (χ0) is 14.8. The largest absolute Gasteiger partial charge is 0.446 e. The highest BCUT2D eigenvalue weighted by atomic mass is 35.5. The lowest BCUT2D eigenvalue weighted by Crippen LogP contribution is -2.26. The van der Waals surface area contributed by atoms with Crippen LogP contribution in [-0.4, -0.2) is 19.9 Å². The van der Waals surface area contributed by atoms with Crippen LogP contribution in [0.15, 0.2) is 33.7 Å². The van der Waals surface area contributed by atoms with E-state index in [2.05, 4.69) is 9.71 Å². The van der Waals surface area contributed by atoms with Gasteiger partial charge in [-0.1, -0.05) is 17.7 Å². The molecule has 0 aliphatic heterocycles. The second-order valence-corrected chi connectivity index (χ2v) is 6.60. The molecule has 1 aromatic heterocycles. The zero-order valence-electron chi connectivity index (χ0n) is 11.2. The van der Waals surface area contributed by atoms with Crippen molar-refractivity contribution < 1.29 is 12.8 Å². The first kappa shape index (κ1) is 15.0. The van der Waals surface area contributed by atoms with Gasteiger partial charge in [-0.3, -0.25) is 0 Å². The Morgan fingerprint density at radius 2 is 2.10 bits per heavy atom. The van der Waals surface area contributed by atoms with Gasteiger partial charge in [0.25, 0.3) is 0 Å². The molecule has 2 rings (SSSR count). The lowest BCUT2D eigenvalue weighted by Gasteiger charge is -2.07. The summed E-state index contributed by atoms with van der Waals surface area (Å²) < 4.78 is 31.9. The number of benzene rings is 1. The third-order valence-corrected chi connectivity index (χ3v) is 4.62. The molecule has 7 heteroatoms. The number of hydrogen-bond donors (Lipinski definition) is 1. The van der Waals surface area contributed by atoms with E-state index in [9.17, 15) is 8.42 Å². The highest BCUT2D eigenvalue weighted by Gasteiger charge is 2.15. The Labute approximate surface area is 123 Å². The number of aryl methyl sites for hydroxylation is 2. The Hall–Kier alpha value is -1.37. The normalized spacial score (nSPS) is 11.8. The average molecular weight is 315 g/mol. The number of oxazole rings is 1. The van der Waals surface area contributed by atoms with Gasteiger partial charge in [0.1, 0.15) is 5.76 Å². The summed E-state index contributed by atoms with van der Waals surface area (Å²) in [4.78, 5) is 4.16. The Balaban J connectivity index is 2.02. The van der Waals surface area contributed by atoms with E-state index >= 15 is 0 Å². The molecule has 0 amide bonds. The molecule has 5 nitrogen and oxygen atoms in total. The number of nitrogens with zero attached hydrogens (tertiary/aromatic N) is 1. The Kier molecular flexibility index (Phi) is 4.47. The fraction of sp³-hybridized carbons (Fsp3) is 0.308. The average Bonchev–Trinajstić information content (AvgIpc) is 2.78. The van der Waals surface area contributed by atoms with Gasteiger partial charge >= 0.3 is 0 Å². The predicted molar refractivity (Wildman–Crippen MR) is 76.3 cm³/mol. The van der Waals surface area contributed by atoms with Crippen LogP contribution in [0.1, 0.15) is 17.2 Å². The van der Waals surface area contributed by atoms with Crippen LogP contribution in [0.3, 0.4) is 0 Å². The van der Waals surface area contributed by atoms with Crippen molar-refractivity contribution in [3.63, 3.8) is 0 Å². The third-order valence-electron chi connectivity index (χ3n) is 2.75. The molecule has 1 N–H and O–H groups in total. The van der Waals surface area contributed by atoms with Gasteiger partial charge in [-0.15, -0.1) is 0 Å². The summed E-state index contributed by atoms with van der Waals surface area (Å²) in [5.74, 6) is 1.21. The molecule has 1 heterocycles. The maximum Gasteiger partial charge on any atom is 0.240 e. The van der Waals surface area contributed by atoms with E-state index in [1.807, 2.05) is 6.92 Å². The van der Waals surface area contributed by atoms with Crippen molar-refractivity contribution in [1.82, 2.24) is 9.71 Å². The van der Waals surface area contributed by atoms with Crippen LogP contribution < -0.4 is 4.72 Å². The topological polar surface area (TPSA) is 72.2 Å². The minimum atomic E-state index is -3.57. The fourth-order valence-corrected chi connectivity index (χ4v) is 2.94. The standard InChI is InChI=1S/C13H15ClN2O3S/c1-9-3-4-11(7-12(9)14)20(17,18)16-6-5-13-15-8-10(2)19-13/h3-4,7-8,16H,5-6H2,1-2H3. The molecule has 0 saturated carbocycles. The SMILES string of the molecule is Cc1cnc(CCNS(=O)(=O)c2ccc(C)c(Cl)c2)o1. The Morgan fingerprint density at radius 3 is 2.70 bits per heavy atom. The van der Waals surface area contributed by atoms with Gasteiger partial charge < -0.3 is 4.42 Å². The summed E-state index contributed by atoms with van der Waals surface area (Å²) >= 11 is 5.94. The minimum absolute atomic E-state index is 0.150. The Morgan fingerprint density at radius 1 is 1.35 bits per heavy atom. The van der Waals surface area contributed by atoms with Crippen LogP contribution in [0.2, 0.25) is 5.02 Å². The van der Waals surface area contributed by atoms with E-state index in [0.29, 0.717) is 23.1 Å². The predicted octanol–water partition coefficient (Wildman–Crippen LogP) is 2.47. The Bertz CT molecular complexity index is 710. The van der Waals surface area contributed by atoms with Crippen molar-refractivity contribution in [3.8, 4) is 0 Å². The molecule has 108 valence electrons. The molecule has 20 heavy (non-hydrogen) atoms. The molecule has 0 atom stereocenters. The van der Waals surface area contributed by atoms with Crippen molar-refractivity contribution in [3.05, 3.63) is 46.6 Å². The molecule has 0 bridgehead atoms. The second kappa shape index (κ2) is 5.95. The molecule has 0 unspecified atom stereocenters. The number of halogens is 1. The summed E-state index contributed by atoms with van der Waals surface area (Å²) in [5.41, 5.74) is 0.834. The molecule has 2 aromatic rings. The van der Waals surface area contributed by atoms with Gasteiger partial charge in [0.15, 0.2) is 5.89 Å². The van der Waals surface area contributed by atoms with Crippen LogP contribution in [0, 0.1) is 13.8 Å². The molecule has 0 aliphatic carbocycles.